The van der Waals surface area contributed by atoms with Crippen molar-refractivity contribution in [1.29, 1.82) is 0 Å². The van der Waals surface area contributed by atoms with Crippen LogP contribution < -0.4 is 14.8 Å². The highest BCUT2D eigenvalue weighted by Crippen LogP contribution is 2.33. The summed E-state index contributed by atoms with van der Waals surface area (Å²) in [4.78, 5) is 21.0. The summed E-state index contributed by atoms with van der Waals surface area (Å²) in [5.74, 6) is 0.696. The molecule has 25 heavy (non-hydrogen) atoms. The van der Waals surface area contributed by atoms with Gasteiger partial charge in [0.25, 0.3) is 5.91 Å². The van der Waals surface area contributed by atoms with Gasteiger partial charge in [0.15, 0.2) is 5.13 Å². The van der Waals surface area contributed by atoms with Crippen LogP contribution in [0.15, 0.2) is 41.9 Å². The molecule has 0 bridgehead atoms. The summed E-state index contributed by atoms with van der Waals surface area (Å²) in [6.45, 7) is 2.01. The Morgan fingerprint density at radius 2 is 2.04 bits per heavy atom. The van der Waals surface area contributed by atoms with Gasteiger partial charge < -0.3 is 9.47 Å². The minimum absolute atomic E-state index is 0.275. The summed E-state index contributed by atoms with van der Waals surface area (Å²) in [6.07, 6.45) is 1.57. The van der Waals surface area contributed by atoms with Crippen molar-refractivity contribution < 1.29 is 14.3 Å². The lowest BCUT2D eigenvalue weighted by atomic mass is 10.1. The van der Waals surface area contributed by atoms with Crippen LogP contribution in [0.5, 0.6) is 11.6 Å². The molecule has 1 N–H and O–H groups in total. The van der Waals surface area contributed by atoms with E-state index in [1.807, 2.05) is 30.5 Å². The summed E-state index contributed by atoms with van der Waals surface area (Å²) >= 11 is 1.35. The second-order valence-electron chi connectivity index (χ2n) is 5.26. The summed E-state index contributed by atoms with van der Waals surface area (Å²) in [7, 11) is 3.10. The Morgan fingerprint density at radius 3 is 2.80 bits per heavy atom. The van der Waals surface area contributed by atoms with Crippen LogP contribution in [0.4, 0.5) is 5.13 Å². The monoisotopic (exact) mass is 355 g/mol. The van der Waals surface area contributed by atoms with Gasteiger partial charge in [-0.25, -0.2) is 9.97 Å². The number of carbonyl (C=O) groups excluding carboxylic acids is 1. The van der Waals surface area contributed by atoms with Gasteiger partial charge in [-0.3, -0.25) is 10.1 Å². The van der Waals surface area contributed by atoms with E-state index in [2.05, 4.69) is 15.3 Å². The van der Waals surface area contributed by atoms with E-state index in [4.69, 9.17) is 9.47 Å². The second kappa shape index (κ2) is 7.31. The van der Waals surface area contributed by atoms with Crippen molar-refractivity contribution in [3.8, 4) is 22.9 Å². The highest BCUT2D eigenvalue weighted by atomic mass is 32.1. The van der Waals surface area contributed by atoms with Gasteiger partial charge in [-0.05, 0) is 31.2 Å². The largest absolute Gasteiger partial charge is 0.496 e. The molecule has 1 aromatic carbocycles. The van der Waals surface area contributed by atoms with Gasteiger partial charge >= 0.3 is 0 Å². The average Bonchev–Trinajstić information content (AvgIpc) is 3.09. The van der Waals surface area contributed by atoms with Crippen LogP contribution in [0.3, 0.4) is 0 Å². The lowest BCUT2D eigenvalue weighted by molar-refractivity contribution is 0.102. The topological polar surface area (TPSA) is 73.3 Å². The highest BCUT2D eigenvalue weighted by Gasteiger charge is 2.16. The number of benzene rings is 1. The molecular formula is C18H17N3O3S. The molecular weight excluding hydrogens is 338 g/mol. The fourth-order valence-electron chi connectivity index (χ4n) is 2.37. The third-order valence-corrected chi connectivity index (χ3v) is 4.32. The number of hydrogen-bond acceptors (Lipinski definition) is 6. The molecule has 0 saturated heterocycles. The van der Waals surface area contributed by atoms with Gasteiger partial charge in [0.1, 0.15) is 11.3 Å². The minimum Gasteiger partial charge on any atom is -0.496 e. The fraction of sp³-hybridized carbons (Fsp3) is 0.167. The fourth-order valence-corrected chi connectivity index (χ4v) is 3.07. The van der Waals surface area contributed by atoms with E-state index in [0.29, 0.717) is 10.7 Å². The Kier molecular flexibility index (Phi) is 4.95. The third kappa shape index (κ3) is 3.61. The van der Waals surface area contributed by atoms with Crippen molar-refractivity contribution in [3.63, 3.8) is 0 Å². The van der Waals surface area contributed by atoms with Crippen LogP contribution in [0, 0.1) is 6.92 Å². The number of hydrogen-bond donors (Lipinski definition) is 1. The number of carbonyl (C=O) groups is 1. The molecule has 0 saturated carbocycles. The predicted octanol–water partition coefficient (Wildman–Crippen LogP) is 3.78. The maximum Gasteiger partial charge on any atom is 0.262 e. The summed E-state index contributed by atoms with van der Waals surface area (Å²) in [5, 5.41) is 5.16. The van der Waals surface area contributed by atoms with E-state index in [1.54, 1.807) is 25.4 Å². The first kappa shape index (κ1) is 16.9. The van der Waals surface area contributed by atoms with Crippen LogP contribution in [0.2, 0.25) is 0 Å². The molecule has 7 heteroatoms. The molecule has 3 aromatic rings. The SMILES string of the molecule is COc1ccc(C)cc1-c1csc(NC(=O)c2cccnc2OC)n1. The number of aryl methyl sites for hydroxylation is 1. The van der Waals surface area contributed by atoms with Crippen molar-refractivity contribution in [3.05, 3.63) is 53.0 Å². The van der Waals surface area contributed by atoms with E-state index in [0.717, 1.165) is 22.6 Å². The van der Waals surface area contributed by atoms with E-state index in [1.165, 1.54) is 18.4 Å². The Bertz CT molecular complexity index is 908. The van der Waals surface area contributed by atoms with Gasteiger partial charge in [-0.15, -0.1) is 11.3 Å². The quantitative estimate of drug-likeness (QED) is 0.754. The van der Waals surface area contributed by atoms with Gasteiger partial charge in [-0.1, -0.05) is 11.6 Å². The number of methoxy groups -OCH3 is 2. The normalized spacial score (nSPS) is 10.4. The molecule has 1 amide bonds. The second-order valence-corrected chi connectivity index (χ2v) is 6.11. The first-order valence-electron chi connectivity index (χ1n) is 7.53. The van der Waals surface area contributed by atoms with Gasteiger partial charge in [0, 0.05) is 17.1 Å². The molecule has 0 unspecified atom stereocenters. The molecule has 6 nitrogen and oxygen atoms in total. The molecule has 2 aromatic heterocycles. The Hall–Kier alpha value is -2.93. The molecule has 2 heterocycles. The molecule has 3 rings (SSSR count). The molecule has 0 atom stereocenters. The predicted molar refractivity (Wildman–Crippen MR) is 97.6 cm³/mol. The van der Waals surface area contributed by atoms with Crippen LogP contribution in [0.1, 0.15) is 15.9 Å². The number of aromatic nitrogens is 2. The molecule has 0 fully saturated rings. The van der Waals surface area contributed by atoms with Gasteiger partial charge in [0.05, 0.1) is 19.9 Å². The van der Waals surface area contributed by atoms with E-state index < -0.39 is 0 Å². The van der Waals surface area contributed by atoms with Crippen molar-refractivity contribution in [2.45, 2.75) is 6.92 Å². The smallest absolute Gasteiger partial charge is 0.262 e. The zero-order chi connectivity index (χ0) is 17.8. The molecule has 128 valence electrons. The summed E-state index contributed by atoms with van der Waals surface area (Å²) < 4.78 is 10.5. The number of anilines is 1. The van der Waals surface area contributed by atoms with Gasteiger partial charge in [0.2, 0.25) is 5.88 Å². The lowest BCUT2D eigenvalue weighted by Crippen LogP contribution is -2.13. The minimum atomic E-state index is -0.318. The molecule has 0 radical (unpaired) electrons. The van der Waals surface area contributed by atoms with Crippen molar-refractivity contribution in [2.24, 2.45) is 0 Å². The van der Waals surface area contributed by atoms with Crippen LogP contribution in [-0.4, -0.2) is 30.1 Å². The zero-order valence-corrected chi connectivity index (χ0v) is 14.9. The lowest BCUT2D eigenvalue weighted by Gasteiger charge is -2.07. The first-order valence-corrected chi connectivity index (χ1v) is 8.41. The van der Waals surface area contributed by atoms with E-state index in [9.17, 15) is 4.79 Å². The number of thiazole rings is 1. The summed E-state index contributed by atoms with van der Waals surface area (Å²) in [6, 6.07) is 9.22. The third-order valence-electron chi connectivity index (χ3n) is 3.56. The highest BCUT2D eigenvalue weighted by molar-refractivity contribution is 7.14. The molecule has 0 aliphatic rings. The van der Waals surface area contributed by atoms with Crippen LogP contribution >= 0.6 is 11.3 Å². The zero-order valence-electron chi connectivity index (χ0n) is 14.1. The standard InChI is InChI=1S/C18H17N3O3S/c1-11-6-7-15(23-2)13(9-11)14-10-25-18(20-14)21-16(22)12-5-4-8-19-17(12)24-3/h4-10H,1-3H3,(H,20,21,22). The van der Waals surface area contributed by atoms with E-state index >= 15 is 0 Å². The average molecular weight is 355 g/mol. The summed E-state index contributed by atoms with van der Waals surface area (Å²) in [5.41, 5.74) is 3.10. The first-order chi connectivity index (χ1) is 12.1. The van der Waals surface area contributed by atoms with Crippen molar-refractivity contribution in [1.82, 2.24) is 9.97 Å². The van der Waals surface area contributed by atoms with Crippen molar-refractivity contribution in [2.75, 3.05) is 19.5 Å². The van der Waals surface area contributed by atoms with Crippen LogP contribution in [-0.2, 0) is 0 Å². The van der Waals surface area contributed by atoms with Gasteiger partial charge in [-0.2, -0.15) is 0 Å². The molecule has 0 spiro atoms. The number of nitrogens with one attached hydrogen (secondary N) is 1. The van der Waals surface area contributed by atoms with E-state index in [-0.39, 0.29) is 11.8 Å². The molecule has 0 aliphatic carbocycles. The number of nitrogens with zero attached hydrogens (tertiary/aromatic N) is 2. The maximum atomic E-state index is 12.4. The molecule has 0 aliphatic heterocycles. The number of ether oxygens (including phenoxy) is 2. The Morgan fingerprint density at radius 1 is 1.20 bits per heavy atom. The Labute approximate surface area is 149 Å². The number of pyridine rings is 1. The van der Waals surface area contributed by atoms with Crippen molar-refractivity contribution >= 4 is 22.4 Å². The Balaban J connectivity index is 1.85. The maximum absolute atomic E-state index is 12.4. The number of amides is 1. The number of rotatable bonds is 5. The van der Waals surface area contributed by atoms with Crippen LogP contribution in [0.25, 0.3) is 11.3 Å².